The maximum Gasteiger partial charge on any atom is 0.317 e. The SMILES string of the molecule is Cc1ccccc1SC1CCN(C(=O)NC2CCN(CCO)CC2)CC1. The van der Waals surface area contributed by atoms with Crippen LogP contribution in [-0.2, 0) is 0 Å². The topological polar surface area (TPSA) is 55.8 Å². The number of nitrogens with one attached hydrogen (secondary N) is 1. The lowest BCUT2D eigenvalue weighted by Gasteiger charge is -2.35. The van der Waals surface area contributed by atoms with E-state index in [9.17, 15) is 4.79 Å². The number of aryl methyl sites for hydroxylation is 1. The van der Waals surface area contributed by atoms with E-state index in [1.807, 2.05) is 16.7 Å². The number of aliphatic hydroxyl groups is 1. The molecule has 0 unspecified atom stereocenters. The van der Waals surface area contributed by atoms with E-state index in [2.05, 4.69) is 41.4 Å². The van der Waals surface area contributed by atoms with E-state index in [1.54, 1.807) is 0 Å². The molecule has 5 nitrogen and oxygen atoms in total. The van der Waals surface area contributed by atoms with Gasteiger partial charge in [-0.05, 0) is 44.2 Å². The summed E-state index contributed by atoms with van der Waals surface area (Å²) in [6.45, 7) is 6.73. The summed E-state index contributed by atoms with van der Waals surface area (Å²) in [4.78, 5) is 18.2. The molecule has 2 aliphatic rings. The largest absolute Gasteiger partial charge is 0.395 e. The molecule has 3 rings (SSSR count). The van der Waals surface area contributed by atoms with Crippen LogP contribution >= 0.6 is 11.8 Å². The van der Waals surface area contributed by atoms with Crippen LogP contribution in [0.25, 0.3) is 0 Å². The van der Waals surface area contributed by atoms with Crippen LogP contribution < -0.4 is 5.32 Å². The molecule has 2 aliphatic heterocycles. The first-order valence-corrected chi connectivity index (χ1v) is 10.6. The number of urea groups is 1. The Morgan fingerprint density at radius 2 is 1.85 bits per heavy atom. The lowest BCUT2D eigenvalue weighted by atomic mass is 10.1. The fourth-order valence-electron chi connectivity index (χ4n) is 3.75. The van der Waals surface area contributed by atoms with Crippen LogP contribution in [0.1, 0.15) is 31.2 Å². The average Bonchev–Trinajstić information content (AvgIpc) is 2.66. The van der Waals surface area contributed by atoms with Crippen molar-refractivity contribution in [2.24, 2.45) is 0 Å². The van der Waals surface area contributed by atoms with Crippen LogP contribution in [0.15, 0.2) is 29.2 Å². The summed E-state index contributed by atoms with van der Waals surface area (Å²) in [5.74, 6) is 0. The Bertz CT molecular complexity index is 582. The van der Waals surface area contributed by atoms with Gasteiger partial charge in [0, 0.05) is 48.9 Å². The minimum absolute atomic E-state index is 0.102. The molecule has 144 valence electrons. The molecule has 0 spiro atoms. The van der Waals surface area contributed by atoms with Crippen LogP contribution in [0.2, 0.25) is 0 Å². The fourth-order valence-corrected chi connectivity index (χ4v) is 4.97. The number of piperidine rings is 2. The number of benzene rings is 1. The van der Waals surface area contributed by atoms with Crippen LogP contribution in [0.4, 0.5) is 4.79 Å². The monoisotopic (exact) mass is 377 g/mol. The molecule has 0 bridgehead atoms. The second-order valence-electron chi connectivity index (χ2n) is 7.36. The third-order valence-electron chi connectivity index (χ3n) is 5.45. The van der Waals surface area contributed by atoms with E-state index in [0.717, 1.165) is 58.4 Å². The van der Waals surface area contributed by atoms with Crippen LogP contribution in [0.5, 0.6) is 0 Å². The van der Waals surface area contributed by atoms with E-state index in [1.165, 1.54) is 10.5 Å². The summed E-state index contributed by atoms with van der Waals surface area (Å²) in [6.07, 6.45) is 4.07. The van der Waals surface area contributed by atoms with Crippen molar-refractivity contribution in [3.05, 3.63) is 29.8 Å². The zero-order valence-electron chi connectivity index (χ0n) is 15.7. The van der Waals surface area contributed by atoms with Crippen molar-refractivity contribution in [2.75, 3.05) is 39.3 Å². The van der Waals surface area contributed by atoms with Gasteiger partial charge in [0.25, 0.3) is 0 Å². The number of amides is 2. The summed E-state index contributed by atoms with van der Waals surface area (Å²) in [6, 6.07) is 8.92. The van der Waals surface area contributed by atoms with E-state index >= 15 is 0 Å². The number of nitrogens with zero attached hydrogens (tertiary/aromatic N) is 2. The Morgan fingerprint density at radius 3 is 2.50 bits per heavy atom. The highest BCUT2D eigenvalue weighted by Gasteiger charge is 2.26. The van der Waals surface area contributed by atoms with Crippen molar-refractivity contribution < 1.29 is 9.90 Å². The molecule has 0 atom stereocenters. The first kappa shape index (κ1) is 19.5. The normalized spacial score (nSPS) is 20.3. The third kappa shape index (κ3) is 5.38. The molecule has 0 aliphatic carbocycles. The Morgan fingerprint density at radius 1 is 1.15 bits per heavy atom. The summed E-state index contributed by atoms with van der Waals surface area (Å²) in [5.41, 5.74) is 1.34. The minimum atomic E-state index is 0.102. The molecular formula is C20H31N3O2S. The lowest BCUT2D eigenvalue weighted by molar-refractivity contribution is 0.147. The number of hydrogen-bond donors (Lipinski definition) is 2. The molecule has 2 heterocycles. The van der Waals surface area contributed by atoms with Gasteiger partial charge in [0.05, 0.1) is 6.61 Å². The Balaban J connectivity index is 1.39. The zero-order chi connectivity index (χ0) is 18.4. The summed E-state index contributed by atoms with van der Waals surface area (Å²) in [5, 5.41) is 12.8. The summed E-state index contributed by atoms with van der Waals surface area (Å²) >= 11 is 1.96. The number of carbonyl (C=O) groups is 1. The van der Waals surface area contributed by atoms with Gasteiger partial charge in [0.15, 0.2) is 0 Å². The number of carbonyl (C=O) groups excluding carboxylic acids is 1. The zero-order valence-corrected chi connectivity index (χ0v) is 16.5. The standard InChI is InChI=1S/C20H31N3O2S/c1-16-4-2-3-5-19(16)26-18-8-12-23(13-9-18)20(25)21-17-6-10-22(11-7-17)14-15-24/h2-5,17-18,24H,6-15H2,1H3,(H,21,25). The smallest absolute Gasteiger partial charge is 0.317 e. The predicted molar refractivity (Wildman–Crippen MR) is 107 cm³/mol. The molecule has 2 saturated heterocycles. The van der Waals surface area contributed by atoms with Gasteiger partial charge in [-0.2, -0.15) is 0 Å². The number of aliphatic hydroxyl groups excluding tert-OH is 1. The van der Waals surface area contributed by atoms with Crippen molar-refractivity contribution in [3.63, 3.8) is 0 Å². The van der Waals surface area contributed by atoms with Crippen LogP contribution in [0.3, 0.4) is 0 Å². The van der Waals surface area contributed by atoms with Crippen LogP contribution in [0, 0.1) is 6.92 Å². The van der Waals surface area contributed by atoms with Gasteiger partial charge >= 0.3 is 6.03 Å². The predicted octanol–water partition coefficient (Wildman–Crippen LogP) is 2.72. The molecule has 2 amide bonds. The van der Waals surface area contributed by atoms with Gasteiger partial charge in [-0.25, -0.2) is 4.79 Å². The number of thioether (sulfide) groups is 1. The molecule has 1 aromatic carbocycles. The summed E-state index contributed by atoms with van der Waals surface area (Å²) < 4.78 is 0. The van der Waals surface area contributed by atoms with E-state index in [4.69, 9.17) is 5.11 Å². The number of hydrogen-bond acceptors (Lipinski definition) is 4. The lowest BCUT2D eigenvalue weighted by Crippen LogP contribution is -2.51. The second kappa shape index (κ2) is 9.62. The molecule has 0 aromatic heterocycles. The molecule has 0 saturated carbocycles. The Hall–Kier alpha value is -1.24. The molecule has 6 heteroatoms. The molecule has 2 fully saturated rings. The third-order valence-corrected chi connectivity index (χ3v) is 6.96. The van der Waals surface area contributed by atoms with E-state index in [-0.39, 0.29) is 18.7 Å². The second-order valence-corrected chi connectivity index (χ2v) is 8.70. The molecule has 26 heavy (non-hydrogen) atoms. The maximum atomic E-state index is 12.5. The maximum absolute atomic E-state index is 12.5. The minimum Gasteiger partial charge on any atom is -0.395 e. The van der Waals surface area contributed by atoms with Crippen molar-refractivity contribution in [1.82, 2.24) is 15.1 Å². The number of likely N-dealkylation sites (tertiary alicyclic amines) is 2. The average molecular weight is 378 g/mol. The molecular weight excluding hydrogens is 346 g/mol. The quantitative estimate of drug-likeness (QED) is 0.828. The van der Waals surface area contributed by atoms with Gasteiger partial charge in [-0.3, -0.25) is 0 Å². The van der Waals surface area contributed by atoms with E-state index in [0.29, 0.717) is 5.25 Å². The highest BCUT2D eigenvalue weighted by Crippen LogP contribution is 2.32. The van der Waals surface area contributed by atoms with Crippen LogP contribution in [-0.4, -0.2) is 71.6 Å². The van der Waals surface area contributed by atoms with Gasteiger partial charge in [-0.1, -0.05) is 18.2 Å². The van der Waals surface area contributed by atoms with Gasteiger partial charge in [0.1, 0.15) is 0 Å². The Labute approximate surface area is 161 Å². The highest BCUT2D eigenvalue weighted by atomic mass is 32.2. The Kier molecular flexibility index (Phi) is 7.23. The van der Waals surface area contributed by atoms with E-state index < -0.39 is 0 Å². The first-order chi connectivity index (χ1) is 12.7. The summed E-state index contributed by atoms with van der Waals surface area (Å²) in [7, 11) is 0. The number of β-amino-alcohol motifs (C(OH)–C–C–N with tert-alkyl or cyclic N) is 1. The van der Waals surface area contributed by atoms with Gasteiger partial charge < -0.3 is 20.2 Å². The highest BCUT2D eigenvalue weighted by molar-refractivity contribution is 8.00. The van der Waals surface area contributed by atoms with Gasteiger partial charge in [0.2, 0.25) is 0 Å². The molecule has 1 aromatic rings. The fraction of sp³-hybridized carbons (Fsp3) is 0.650. The first-order valence-electron chi connectivity index (χ1n) is 9.76. The number of rotatable bonds is 5. The van der Waals surface area contributed by atoms with Crippen molar-refractivity contribution in [1.29, 1.82) is 0 Å². The van der Waals surface area contributed by atoms with Crippen molar-refractivity contribution >= 4 is 17.8 Å². The molecule has 2 N–H and O–H groups in total. The van der Waals surface area contributed by atoms with Crippen molar-refractivity contribution in [2.45, 2.75) is 48.8 Å². The molecule has 0 radical (unpaired) electrons. The van der Waals surface area contributed by atoms with Crippen molar-refractivity contribution in [3.8, 4) is 0 Å². The van der Waals surface area contributed by atoms with Gasteiger partial charge in [-0.15, -0.1) is 11.8 Å².